The molecule has 1 atom stereocenters. The number of hydrogen-bond donors (Lipinski definition) is 1. The van der Waals surface area contributed by atoms with Crippen molar-refractivity contribution in [2.75, 3.05) is 16.8 Å². The van der Waals surface area contributed by atoms with Crippen molar-refractivity contribution in [3.8, 4) is 0 Å². The first kappa shape index (κ1) is 16.1. The van der Waals surface area contributed by atoms with E-state index in [1.54, 1.807) is 6.07 Å². The first-order valence-corrected chi connectivity index (χ1v) is 8.56. The van der Waals surface area contributed by atoms with Crippen molar-refractivity contribution < 1.29 is 9.59 Å². The number of rotatable bonds is 3. The Morgan fingerprint density at radius 2 is 1.46 bits per heavy atom. The summed E-state index contributed by atoms with van der Waals surface area (Å²) in [5.74, 6) is -1.18. The number of ketones is 1. The number of anilines is 3. The molecular weight excluding hydrogens is 324 g/mol. The van der Waals surface area contributed by atoms with Gasteiger partial charge in [0.15, 0.2) is 5.78 Å². The minimum atomic E-state index is -0.759. The van der Waals surface area contributed by atoms with E-state index >= 15 is 0 Å². The molecule has 4 heteroatoms. The third-order valence-corrected chi connectivity index (χ3v) is 4.57. The number of benzene rings is 3. The molecule has 0 spiro atoms. The molecule has 0 saturated heterocycles. The quantitative estimate of drug-likeness (QED) is 0.723. The normalized spacial score (nSPS) is 16.1. The second kappa shape index (κ2) is 6.84. The van der Waals surface area contributed by atoms with Crippen molar-refractivity contribution in [3.63, 3.8) is 0 Å². The van der Waals surface area contributed by atoms with Crippen molar-refractivity contribution in [3.05, 3.63) is 90.5 Å². The van der Waals surface area contributed by atoms with Gasteiger partial charge < -0.3 is 10.2 Å². The zero-order valence-electron chi connectivity index (χ0n) is 14.1. The third kappa shape index (κ3) is 2.97. The topological polar surface area (TPSA) is 49.4 Å². The Bertz CT molecular complexity index is 939. The Kier molecular flexibility index (Phi) is 4.23. The van der Waals surface area contributed by atoms with Gasteiger partial charge in [0.2, 0.25) is 5.91 Å². The molecule has 1 aliphatic rings. The monoisotopic (exact) mass is 342 g/mol. The van der Waals surface area contributed by atoms with Gasteiger partial charge in [0.25, 0.3) is 0 Å². The van der Waals surface area contributed by atoms with Crippen LogP contribution in [0.15, 0.2) is 84.9 Å². The molecule has 0 saturated carbocycles. The summed E-state index contributed by atoms with van der Waals surface area (Å²) in [5.41, 5.74) is 3.07. The molecule has 1 amide bonds. The summed E-state index contributed by atoms with van der Waals surface area (Å²) in [6, 6.07) is 26.5. The summed E-state index contributed by atoms with van der Waals surface area (Å²) in [5, 5.41) is 2.86. The highest BCUT2D eigenvalue weighted by molar-refractivity contribution is 6.17. The Hall–Kier alpha value is -3.40. The smallest absolute Gasteiger partial charge is 0.237 e. The molecule has 26 heavy (non-hydrogen) atoms. The van der Waals surface area contributed by atoms with Crippen LogP contribution in [0.25, 0.3) is 0 Å². The lowest BCUT2D eigenvalue weighted by atomic mass is 9.89. The molecule has 0 radical (unpaired) electrons. The highest BCUT2D eigenvalue weighted by atomic mass is 16.2. The largest absolute Gasteiger partial charge is 0.340 e. The van der Waals surface area contributed by atoms with Crippen molar-refractivity contribution in [2.24, 2.45) is 5.92 Å². The first-order chi connectivity index (χ1) is 12.7. The number of carbonyl (C=O) groups is 2. The zero-order valence-corrected chi connectivity index (χ0v) is 14.1. The molecule has 128 valence electrons. The molecule has 1 N–H and O–H groups in total. The summed E-state index contributed by atoms with van der Waals surface area (Å²) in [4.78, 5) is 27.8. The maximum absolute atomic E-state index is 12.9. The van der Waals surface area contributed by atoms with E-state index in [4.69, 9.17) is 0 Å². The van der Waals surface area contributed by atoms with Crippen LogP contribution in [-0.2, 0) is 4.79 Å². The van der Waals surface area contributed by atoms with Crippen LogP contribution in [0.5, 0.6) is 0 Å². The SMILES string of the molecule is O=C(Nc1ccccc1)C1CN(c2ccccc2)c2ccccc2C1=O. The lowest BCUT2D eigenvalue weighted by Gasteiger charge is -2.34. The van der Waals surface area contributed by atoms with Crippen LogP contribution in [-0.4, -0.2) is 18.2 Å². The first-order valence-electron chi connectivity index (χ1n) is 8.56. The molecule has 0 aliphatic carbocycles. The molecule has 0 fully saturated rings. The Morgan fingerprint density at radius 3 is 2.19 bits per heavy atom. The fraction of sp³-hybridized carbons (Fsp3) is 0.0909. The molecule has 0 aromatic heterocycles. The van der Waals surface area contributed by atoms with Gasteiger partial charge >= 0.3 is 0 Å². The minimum Gasteiger partial charge on any atom is -0.340 e. The van der Waals surface area contributed by atoms with Crippen molar-refractivity contribution in [2.45, 2.75) is 0 Å². The van der Waals surface area contributed by atoms with Crippen molar-refractivity contribution in [1.29, 1.82) is 0 Å². The van der Waals surface area contributed by atoms with Crippen LogP contribution in [0.1, 0.15) is 10.4 Å². The molecule has 1 aliphatic heterocycles. The van der Waals surface area contributed by atoms with Crippen LogP contribution in [0, 0.1) is 5.92 Å². The number of Topliss-reactive ketones (excluding diaryl/α,β-unsaturated/α-hetero) is 1. The molecule has 1 heterocycles. The Balaban J connectivity index is 1.69. The van der Waals surface area contributed by atoms with Gasteiger partial charge in [-0.15, -0.1) is 0 Å². The van der Waals surface area contributed by atoms with E-state index in [0.717, 1.165) is 11.4 Å². The lowest BCUT2D eigenvalue weighted by Crippen LogP contribution is -2.42. The van der Waals surface area contributed by atoms with E-state index in [1.165, 1.54) is 0 Å². The third-order valence-electron chi connectivity index (χ3n) is 4.57. The van der Waals surface area contributed by atoms with E-state index in [-0.39, 0.29) is 11.7 Å². The van der Waals surface area contributed by atoms with E-state index in [9.17, 15) is 9.59 Å². The minimum absolute atomic E-state index is 0.138. The molecular formula is C22H18N2O2. The molecule has 1 unspecified atom stereocenters. The van der Waals surface area contributed by atoms with Gasteiger partial charge in [-0.3, -0.25) is 9.59 Å². The zero-order chi connectivity index (χ0) is 17.9. The van der Waals surface area contributed by atoms with Gasteiger partial charge in [-0.05, 0) is 36.4 Å². The van der Waals surface area contributed by atoms with Gasteiger partial charge in [0.05, 0.1) is 5.69 Å². The van der Waals surface area contributed by atoms with Crippen LogP contribution in [0.3, 0.4) is 0 Å². The standard InChI is InChI=1S/C22H18N2O2/c25-21-18-13-7-8-14-20(18)24(17-11-5-2-6-12-17)15-19(21)22(26)23-16-9-3-1-4-10-16/h1-14,19H,15H2,(H,23,26). The van der Waals surface area contributed by atoms with E-state index in [1.807, 2.05) is 83.8 Å². The number of carbonyl (C=O) groups excluding carboxylic acids is 2. The van der Waals surface area contributed by atoms with E-state index in [0.29, 0.717) is 17.8 Å². The summed E-state index contributed by atoms with van der Waals surface area (Å²) >= 11 is 0. The van der Waals surface area contributed by atoms with Crippen molar-refractivity contribution >= 4 is 28.8 Å². The number of para-hydroxylation sites is 3. The second-order valence-electron chi connectivity index (χ2n) is 6.24. The Morgan fingerprint density at radius 1 is 0.846 bits per heavy atom. The van der Waals surface area contributed by atoms with Gasteiger partial charge in [0, 0.05) is 23.5 Å². The fourth-order valence-corrected chi connectivity index (χ4v) is 3.27. The second-order valence-corrected chi connectivity index (χ2v) is 6.24. The average Bonchev–Trinajstić information content (AvgIpc) is 2.70. The molecule has 4 rings (SSSR count). The maximum atomic E-state index is 12.9. The van der Waals surface area contributed by atoms with Crippen LogP contribution >= 0.6 is 0 Å². The van der Waals surface area contributed by atoms with Gasteiger partial charge in [-0.1, -0.05) is 48.5 Å². The van der Waals surface area contributed by atoms with Crippen LogP contribution in [0.2, 0.25) is 0 Å². The van der Waals surface area contributed by atoms with E-state index in [2.05, 4.69) is 5.32 Å². The Labute approximate surface area is 152 Å². The highest BCUT2D eigenvalue weighted by Gasteiger charge is 2.36. The maximum Gasteiger partial charge on any atom is 0.237 e. The van der Waals surface area contributed by atoms with E-state index < -0.39 is 5.92 Å². The predicted molar refractivity (Wildman–Crippen MR) is 103 cm³/mol. The number of amides is 1. The highest BCUT2D eigenvalue weighted by Crippen LogP contribution is 2.35. The summed E-state index contributed by atoms with van der Waals surface area (Å²) < 4.78 is 0. The van der Waals surface area contributed by atoms with Crippen LogP contribution < -0.4 is 10.2 Å². The summed E-state index contributed by atoms with van der Waals surface area (Å²) in [7, 11) is 0. The van der Waals surface area contributed by atoms with Crippen LogP contribution in [0.4, 0.5) is 17.1 Å². The fourth-order valence-electron chi connectivity index (χ4n) is 3.27. The number of nitrogens with zero attached hydrogens (tertiary/aromatic N) is 1. The summed E-state index contributed by atoms with van der Waals surface area (Å²) in [6.45, 7) is 0.318. The summed E-state index contributed by atoms with van der Waals surface area (Å²) in [6.07, 6.45) is 0. The number of fused-ring (bicyclic) bond motifs is 1. The molecule has 4 nitrogen and oxygen atoms in total. The predicted octanol–water partition coefficient (Wildman–Crippen LogP) is 4.28. The van der Waals surface area contributed by atoms with Gasteiger partial charge in [0.1, 0.15) is 5.92 Å². The number of hydrogen-bond acceptors (Lipinski definition) is 3. The van der Waals surface area contributed by atoms with Crippen molar-refractivity contribution in [1.82, 2.24) is 0 Å². The molecule has 3 aromatic carbocycles. The number of nitrogens with one attached hydrogen (secondary N) is 1. The average molecular weight is 342 g/mol. The molecule has 3 aromatic rings. The van der Waals surface area contributed by atoms with Gasteiger partial charge in [-0.25, -0.2) is 0 Å². The molecule has 0 bridgehead atoms. The lowest BCUT2D eigenvalue weighted by molar-refractivity contribution is -0.118. The van der Waals surface area contributed by atoms with Gasteiger partial charge in [-0.2, -0.15) is 0 Å².